The van der Waals surface area contributed by atoms with Crippen molar-refractivity contribution >= 4 is 17.8 Å². The Kier molecular flexibility index (Phi) is 4.73. The third kappa shape index (κ3) is 4.09. The maximum absolute atomic E-state index is 12.6. The first-order valence-corrected chi connectivity index (χ1v) is 7.56. The molecular formula is C17H21NO5. The molecule has 6 nitrogen and oxygen atoms in total. The summed E-state index contributed by atoms with van der Waals surface area (Å²) in [5.74, 6) is -1.86. The van der Waals surface area contributed by atoms with Gasteiger partial charge in [-0.15, -0.1) is 0 Å². The average Bonchev–Trinajstić information content (AvgIpc) is 2.94. The summed E-state index contributed by atoms with van der Waals surface area (Å²) in [4.78, 5) is 37.4. The van der Waals surface area contributed by atoms with E-state index < -0.39 is 23.6 Å². The van der Waals surface area contributed by atoms with Gasteiger partial charge in [0.15, 0.2) is 0 Å². The fourth-order valence-electron chi connectivity index (χ4n) is 2.58. The molecule has 0 bridgehead atoms. The Morgan fingerprint density at radius 2 is 1.87 bits per heavy atom. The van der Waals surface area contributed by atoms with Gasteiger partial charge in [0.05, 0.1) is 5.56 Å². The lowest BCUT2D eigenvalue weighted by atomic mass is 10.1. The summed E-state index contributed by atoms with van der Waals surface area (Å²) in [6, 6.07) is 5.22. The van der Waals surface area contributed by atoms with Crippen molar-refractivity contribution in [3.8, 4) is 0 Å². The Balaban J connectivity index is 2.19. The molecule has 1 aromatic rings. The fraction of sp³-hybridized carbons (Fsp3) is 0.471. The monoisotopic (exact) mass is 319 g/mol. The van der Waals surface area contributed by atoms with Gasteiger partial charge in [0.1, 0.15) is 11.6 Å². The van der Waals surface area contributed by atoms with Crippen LogP contribution in [0.3, 0.4) is 0 Å². The second-order valence-corrected chi connectivity index (χ2v) is 6.58. The summed E-state index contributed by atoms with van der Waals surface area (Å²) in [5.41, 5.74) is -0.304. The molecule has 1 aliphatic rings. The topological polar surface area (TPSA) is 83.9 Å². The second-order valence-electron chi connectivity index (χ2n) is 6.58. The summed E-state index contributed by atoms with van der Waals surface area (Å²) >= 11 is 0. The first-order chi connectivity index (χ1) is 10.7. The van der Waals surface area contributed by atoms with Gasteiger partial charge in [-0.25, -0.2) is 9.59 Å². The fourth-order valence-corrected chi connectivity index (χ4v) is 2.58. The third-order valence-corrected chi connectivity index (χ3v) is 3.55. The molecule has 1 amide bonds. The number of hydrogen-bond acceptors (Lipinski definition) is 4. The number of carbonyl (C=O) groups is 3. The highest BCUT2D eigenvalue weighted by atomic mass is 16.6. The van der Waals surface area contributed by atoms with E-state index in [0.29, 0.717) is 19.4 Å². The first-order valence-electron chi connectivity index (χ1n) is 7.56. The number of likely N-dealkylation sites (tertiary alicyclic amines) is 1. The van der Waals surface area contributed by atoms with Crippen LogP contribution in [0.25, 0.3) is 0 Å². The van der Waals surface area contributed by atoms with Gasteiger partial charge in [-0.1, -0.05) is 6.07 Å². The highest BCUT2D eigenvalue weighted by Crippen LogP contribution is 2.23. The normalized spacial score (nSPS) is 17.9. The van der Waals surface area contributed by atoms with Crippen LogP contribution in [0, 0.1) is 0 Å². The lowest BCUT2D eigenvalue weighted by Crippen LogP contribution is -2.43. The minimum absolute atomic E-state index is 0.0452. The van der Waals surface area contributed by atoms with Crippen LogP contribution in [-0.2, 0) is 9.53 Å². The molecule has 0 saturated carbocycles. The molecular weight excluding hydrogens is 298 g/mol. The van der Waals surface area contributed by atoms with Gasteiger partial charge in [0.25, 0.3) is 5.91 Å². The minimum atomic E-state index is -1.09. The largest absolute Gasteiger partial charge is 0.478 e. The SMILES string of the molecule is CC(C)(C)OC(=O)[C@@H]1CCCN1C(=O)c1cccc(C(=O)O)c1. The number of esters is 1. The molecule has 1 fully saturated rings. The predicted molar refractivity (Wildman–Crippen MR) is 83.3 cm³/mol. The lowest BCUT2D eigenvalue weighted by molar-refractivity contribution is -0.159. The van der Waals surface area contributed by atoms with Gasteiger partial charge in [-0.2, -0.15) is 0 Å². The minimum Gasteiger partial charge on any atom is -0.478 e. The van der Waals surface area contributed by atoms with E-state index in [1.54, 1.807) is 26.8 Å². The lowest BCUT2D eigenvalue weighted by Gasteiger charge is -2.27. The highest BCUT2D eigenvalue weighted by Gasteiger charge is 2.37. The molecule has 1 heterocycles. The molecule has 1 aliphatic heterocycles. The quantitative estimate of drug-likeness (QED) is 0.864. The summed E-state index contributed by atoms with van der Waals surface area (Å²) in [6.45, 7) is 5.80. The molecule has 0 aliphatic carbocycles. The van der Waals surface area contributed by atoms with Crippen LogP contribution >= 0.6 is 0 Å². The molecule has 1 atom stereocenters. The summed E-state index contributed by atoms with van der Waals surface area (Å²) in [5, 5.41) is 9.03. The standard InChI is InChI=1S/C17H21NO5/c1-17(2,3)23-16(22)13-8-5-9-18(13)14(19)11-6-4-7-12(10-11)15(20)21/h4,6-7,10,13H,5,8-9H2,1-3H3,(H,20,21)/t13-/m0/s1. The Bertz CT molecular complexity index is 632. The molecule has 0 spiro atoms. The maximum Gasteiger partial charge on any atom is 0.335 e. The van der Waals surface area contributed by atoms with Crippen molar-refractivity contribution in [2.24, 2.45) is 0 Å². The van der Waals surface area contributed by atoms with Crippen LogP contribution in [0.15, 0.2) is 24.3 Å². The molecule has 6 heteroatoms. The summed E-state index contributed by atoms with van der Waals surface area (Å²) in [7, 11) is 0. The number of ether oxygens (including phenoxy) is 1. The van der Waals surface area contributed by atoms with E-state index in [-0.39, 0.29) is 17.0 Å². The van der Waals surface area contributed by atoms with Crippen LogP contribution in [0.2, 0.25) is 0 Å². The molecule has 0 radical (unpaired) electrons. The van der Waals surface area contributed by atoms with Crippen LogP contribution in [0.4, 0.5) is 0 Å². The average molecular weight is 319 g/mol. The van der Waals surface area contributed by atoms with Gasteiger partial charge in [-0.05, 0) is 51.8 Å². The van der Waals surface area contributed by atoms with Crippen LogP contribution in [0.5, 0.6) is 0 Å². The van der Waals surface area contributed by atoms with Gasteiger partial charge < -0.3 is 14.7 Å². The molecule has 0 unspecified atom stereocenters. The zero-order chi connectivity index (χ0) is 17.2. The van der Waals surface area contributed by atoms with E-state index in [2.05, 4.69) is 0 Å². The smallest absolute Gasteiger partial charge is 0.335 e. The van der Waals surface area contributed by atoms with Crippen molar-refractivity contribution < 1.29 is 24.2 Å². The van der Waals surface area contributed by atoms with Crippen LogP contribution in [0.1, 0.15) is 54.3 Å². The number of carboxylic acids is 1. The van der Waals surface area contributed by atoms with E-state index >= 15 is 0 Å². The van der Waals surface area contributed by atoms with E-state index in [4.69, 9.17) is 9.84 Å². The van der Waals surface area contributed by atoms with Crippen LogP contribution < -0.4 is 0 Å². The zero-order valence-corrected chi connectivity index (χ0v) is 13.5. The zero-order valence-electron chi connectivity index (χ0n) is 13.5. The van der Waals surface area contributed by atoms with E-state index in [9.17, 15) is 14.4 Å². The number of amides is 1. The summed E-state index contributed by atoms with van der Waals surface area (Å²) < 4.78 is 5.37. The van der Waals surface area contributed by atoms with E-state index in [1.165, 1.54) is 23.1 Å². The van der Waals surface area contributed by atoms with Crippen molar-refractivity contribution in [3.05, 3.63) is 35.4 Å². The number of benzene rings is 1. The first kappa shape index (κ1) is 17.0. The Morgan fingerprint density at radius 1 is 1.22 bits per heavy atom. The molecule has 1 aromatic carbocycles. The Hall–Kier alpha value is -2.37. The van der Waals surface area contributed by atoms with Gasteiger partial charge >= 0.3 is 11.9 Å². The van der Waals surface area contributed by atoms with Crippen molar-refractivity contribution in [3.63, 3.8) is 0 Å². The molecule has 2 rings (SSSR count). The van der Waals surface area contributed by atoms with Gasteiger partial charge in [0, 0.05) is 12.1 Å². The molecule has 1 N–H and O–H groups in total. The van der Waals surface area contributed by atoms with E-state index in [0.717, 1.165) is 0 Å². The van der Waals surface area contributed by atoms with Gasteiger partial charge in [-0.3, -0.25) is 4.79 Å². The Labute approximate surface area is 135 Å². The number of hydrogen-bond donors (Lipinski definition) is 1. The number of carbonyl (C=O) groups excluding carboxylic acids is 2. The molecule has 1 saturated heterocycles. The summed E-state index contributed by atoms with van der Waals surface area (Å²) in [6.07, 6.45) is 1.27. The molecule has 0 aromatic heterocycles. The number of nitrogens with zero attached hydrogens (tertiary/aromatic N) is 1. The predicted octanol–water partition coefficient (Wildman–Crippen LogP) is 2.33. The van der Waals surface area contributed by atoms with Gasteiger partial charge in [0.2, 0.25) is 0 Å². The number of rotatable bonds is 3. The third-order valence-electron chi connectivity index (χ3n) is 3.55. The number of aromatic carboxylic acids is 1. The maximum atomic E-state index is 12.6. The molecule has 124 valence electrons. The molecule has 23 heavy (non-hydrogen) atoms. The Morgan fingerprint density at radius 3 is 2.48 bits per heavy atom. The van der Waals surface area contributed by atoms with Crippen molar-refractivity contribution in [1.29, 1.82) is 0 Å². The highest BCUT2D eigenvalue weighted by molar-refractivity contribution is 5.99. The second kappa shape index (κ2) is 6.40. The van der Waals surface area contributed by atoms with Crippen molar-refractivity contribution in [1.82, 2.24) is 4.90 Å². The van der Waals surface area contributed by atoms with Crippen molar-refractivity contribution in [2.75, 3.05) is 6.54 Å². The van der Waals surface area contributed by atoms with Crippen LogP contribution in [-0.4, -0.2) is 46.0 Å². The number of carboxylic acid groups (broad SMARTS) is 1. The van der Waals surface area contributed by atoms with Crippen molar-refractivity contribution in [2.45, 2.75) is 45.3 Å². The van der Waals surface area contributed by atoms with E-state index in [1.807, 2.05) is 0 Å².